The van der Waals surface area contributed by atoms with Gasteiger partial charge in [-0.15, -0.1) is 11.3 Å². The maximum Gasteiger partial charge on any atom is 0.294 e. The molecule has 0 saturated carbocycles. The number of amides is 1. The molecule has 0 spiro atoms. The minimum atomic E-state index is -0.179. The molecule has 0 atom stereocenters. The fourth-order valence-corrected chi connectivity index (χ4v) is 1.09. The number of carbonyl (C=O) groups excluding carboxylic acids is 1. The van der Waals surface area contributed by atoms with Gasteiger partial charge in [0.05, 0.1) is 0 Å². The van der Waals surface area contributed by atoms with Gasteiger partial charge >= 0.3 is 0 Å². The fourth-order valence-electron chi connectivity index (χ4n) is 0.558. The molecule has 0 fully saturated rings. The highest BCUT2D eigenvalue weighted by molar-refractivity contribution is 7.11. The van der Waals surface area contributed by atoms with Gasteiger partial charge in [-0.25, -0.2) is 10.4 Å². The van der Waals surface area contributed by atoms with Gasteiger partial charge in [0.2, 0.25) is 0 Å². The Morgan fingerprint density at radius 3 is 3.18 bits per heavy atom. The van der Waals surface area contributed by atoms with Crippen LogP contribution in [-0.2, 0) is 0 Å². The zero-order valence-electron chi connectivity index (χ0n) is 6.13. The first-order valence-corrected chi connectivity index (χ1v) is 4.15. The summed E-state index contributed by atoms with van der Waals surface area (Å²) >= 11 is 1.32. The highest BCUT2D eigenvalue weighted by Gasteiger charge is 2.05. The van der Waals surface area contributed by atoms with Gasteiger partial charge in [0, 0.05) is 18.1 Å². The van der Waals surface area contributed by atoms with Crippen LogP contribution in [0.15, 0.2) is 11.6 Å². The van der Waals surface area contributed by atoms with Crippen LogP contribution in [0.2, 0.25) is 0 Å². The Labute approximate surface area is 68.6 Å². The highest BCUT2D eigenvalue weighted by Crippen LogP contribution is 2.01. The van der Waals surface area contributed by atoms with Gasteiger partial charge in [-0.05, 0) is 0 Å². The van der Waals surface area contributed by atoms with Crippen LogP contribution in [-0.4, -0.2) is 17.4 Å². The van der Waals surface area contributed by atoms with Gasteiger partial charge in [-0.3, -0.25) is 10.2 Å². The molecule has 1 amide bonds. The number of hydrazine groups is 1. The van der Waals surface area contributed by atoms with E-state index in [2.05, 4.69) is 15.8 Å². The van der Waals surface area contributed by atoms with Crippen LogP contribution in [0.5, 0.6) is 0 Å². The summed E-state index contributed by atoms with van der Waals surface area (Å²) in [5.74, 6) is -0.179. The number of thiazole rings is 1. The molecule has 4 nitrogen and oxygen atoms in total. The molecule has 60 valence electrons. The lowest BCUT2D eigenvalue weighted by Gasteiger charge is -2.00. The van der Waals surface area contributed by atoms with Crippen molar-refractivity contribution >= 4 is 17.2 Å². The van der Waals surface area contributed by atoms with Gasteiger partial charge in [-0.1, -0.05) is 6.92 Å². The smallest absolute Gasteiger partial charge is 0.285 e. The number of aromatic nitrogens is 1. The molecule has 0 aliphatic heterocycles. The Morgan fingerprint density at radius 1 is 1.82 bits per heavy atom. The second-order valence-electron chi connectivity index (χ2n) is 1.82. The molecule has 0 saturated heterocycles. The van der Waals surface area contributed by atoms with Gasteiger partial charge in [0.25, 0.3) is 5.91 Å². The molecule has 1 aromatic heterocycles. The molecule has 2 N–H and O–H groups in total. The summed E-state index contributed by atoms with van der Waals surface area (Å²) in [6.45, 7) is 2.61. The monoisotopic (exact) mass is 171 g/mol. The van der Waals surface area contributed by atoms with E-state index in [4.69, 9.17) is 0 Å². The second-order valence-corrected chi connectivity index (χ2v) is 2.72. The number of carbonyl (C=O) groups is 1. The summed E-state index contributed by atoms with van der Waals surface area (Å²) in [5.41, 5.74) is 5.20. The topological polar surface area (TPSA) is 54.0 Å². The first kappa shape index (κ1) is 8.16. The second kappa shape index (κ2) is 4.05. The van der Waals surface area contributed by atoms with Crippen LogP contribution in [0.4, 0.5) is 0 Å². The number of hydrogen-bond acceptors (Lipinski definition) is 4. The van der Waals surface area contributed by atoms with Crippen molar-refractivity contribution in [3.8, 4) is 0 Å². The Bertz CT molecular complexity index is 222. The van der Waals surface area contributed by atoms with E-state index in [-0.39, 0.29) is 5.91 Å². The summed E-state index contributed by atoms with van der Waals surface area (Å²) < 4.78 is 0. The lowest BCUT2D eigenvalue weighted by atomic mass is 10.6. The molecule has 0 aliphatic carbocycles. The van der Waals surface area contributed by atoms with Crippen molar-refractivity contribution in [2.75, 3.05) is 6.54 Å². The lowest BCUT2D eigenvalue weighted by molar-refractivity contribution is 0.0934. The Hall–Kier alpha value is -0.940. The zero-order chi connectivity index (χ0) is 8.10. The predicted octanol–water partition coefficient (Wildman–Crippen LogP) is 0.397. The highest BCUT2D eigenvalue weighted by atomic mass is 32.1. The van der Waals surface area contributed by atoms with Crippen LogP contribution >= 0.6 is 11.3 Å². The largest absolute Gasteiger partial charge is 0.294 e. The average Bonchev–Trinajstić information content (AvgIpc) is 2.52. The number of hydrogen-bond donors (Lipinski definition) is 2. The molecule has 11 heavy (non-hydrogen) atoms. The summed E-state index contributed by atoms with van der Waals surface area (Å²) in [5, 5.41) is 2.24. The number of nitrogens with one attached hydrogen (secondary N) is 2. The van der Waals surface area contributed by atoms with Crippen LogP contribution in [0.3, 0.4) is 0 Å². The van der Waals surface area contributed by atoms with E-state index in [0.717, 1.165) is 0 Å². The van der Waals surface area contributed by atoms with Gasteiger partial charge in [0.15, 0.2) is 5.01 Å². The van der Waals surface area contributed by atoms with Crippen molar-refractivity contribution in [3.63, 3.8) is 0 Å². The van der Waals surface area contributed by atoms with Crippen molar-refractivity contribution in [1.82, 2.24) is 15.8 Å². The molecule has 1 heterocycles. The molecule has 0 unspecified atom stereocenters. The van der Waals surface area contributed by atoms with Gasteiger partial charge in [-0.2, -0.15) is 0 Å². The van der Waals surface area contributed by atoms with E-state index in [1.54, 1.807) is 11.6 Å². The van der Waals surface area contributed by atoms with Gasteiger partial charge < -0.3 is 0 Å². The molecule has 0 aliphatic rings. The molecule has 0 aromatic carbocycles. The standard InChI is InChI=1S/C6H9N3OS/c1-2-8-9-5(10)6-7-3-4-11-6/h3-4,8H,2H2,1H3,(H,9,10). The first-order valence-electron chi connectivity index (χ1n) is 3.27. The number of rotatable bonds is 3. The zero-order valence-corrected chi connectivity index (χ0v) is 6.94. The number of nitrogens with zero attached hydrogens (tertiary/aromatic N) is 1. The summed E-state index contributed by atoms with van der Waals surface area (Å²) in [6.07, 6.45) is 1.60. The molecule has 1 aromatic rings. The molecular formula is C6H9N3OS. The first-order chi connectivity index (χ1) is 5.34. The Kier molecular flexibility index (Phi) is 3.00. The van der Waals surface area contributed by atoms with E-state index in [1.807, 2.05) is 6.92 Å². The lowest BCUT2D eigenvalue weighted by Crippen LogP contribution is -2.36. The van der Waals surface area contributed by atoms with E-state index >= 15 is 0 Å². The third kappa shape index (κ3) is 2.28. The Balaban J connectivity index is 2.43. The summed E-state index contributed by atoms with van der Waals surface area (Å²) in [7, 11) is 0. The fraction of sp³-hybridized carbons (Fsp3) is 0.333. The van der Waals surface area contributed by atoms with Crippen LogP contribution < -0.4 is 10.9 Å². The van der Waals surface area contributed by atoms with E-state index < -0.39 is 0 Å². The summed E-state index contributed by atoms with van der Waals surface area (Å²) in [6, 6.07) is 0. The maximum atomic E-state index is 11.0. The van der Waals surface area contributed by atoms with Crippen molar-refractivity contribution in [3.05, 3.63) is 16.6 Å². The van der Waals surface area contributed by atoms with Gasteiger partial charge in [0.1, 0.15) is 0 Å². The van der Waals surface area contributed by atoms with Crippen LogP contribution in [0.25, 0.3) is 0 Å². The molecule has 5 heteroatoms. The van der Waals surface area contributed by atoms with E-state index in [0.29, 0.717) is 11.6 Å². The third-order valence-electron chi connectivity index (χ3n) is 1.01. The van der Waals surface area contributed by atoms with E-state index in [1.165, 1.54) is 11.3 Å². The Morgan fingerprint density at radius 2 is 2.64 bits per heavy atom. The molecular weight excluding hydrogens is 162 g/mol. The van der Waals surface area contributed by atoms with E-state index in [9.17, 15) is 4.79 Å². The minimum Gasteiger partial charge on any atom is -0.285 e. The normalized spacial score (nSPS) is 9.55. The average molecular weight is 171 g/mol. The van der Waals surface area contributed by atoms with Crippen molar-refractivity contribution in [1.29, 1.82) is 0 Å². The predicted molar refractivity (Wildman–Crippen MR) is 43.3 cm³/mol. The van der Waals surface area contributed by atoms with Crippen molar-refractivity contribution < 1.29 is 4.79 Å². The van der Waals surface area contributed by atoms with Crippen LogP contribution in [0, 0.1) is 0 Å². The molecule has 0 bridgehead atoms. The summed E-state index contributed by atoms with van der Waals surface area (Å²) in [4.78, 5) is 14.9. The maximum absolute atomic E-state index is 11.0. The minimum absolute atomic E-state index is 0.179. The van der Waals surface area contributed by atoms with Crippen molar-refractivity contribution in [2.45, 2.75) is 6.92 Å². The quantitative estimate of drug-likeness (QED) is 0.647. The van der Waals surface area contributed by atoms with Crippen LogP contribution in [0.1, 0.15) is 16.7 Å². The molecule has 0 radical (unpaired) electrons. The third-order valence-corrected chi connectivity index (χ3v) is 1.78. The molecule has 1 rings (SSSR count). The SMILES string of the molecule is CCNNC(=O)c1nccs1. The van der Waals surface area contributed by atoms with Crippen molar-refractivity contribution in [2.24, 2.45) is 0 Å².